The van der Waals surface area contributed by atoms with Gasteiger partial charge in [0.15, 0.2) is 0 Å². The number of carbonyl (C=O) groups is 1. The van der Waals surface area contributed by atoms with E-state index in [1.54, 1.807) is 12.4 Å². The predicted molar refractivity (Wildman–Crippen MR) is 138 cm³/mol. The number of aromatic nitrogens is 3. The van der Waals surface area contributed by atoms with Crippen molar-refractivity contribution in [3.05, 3.63) is 85.2 Å². The molecule has 0 bridgehead atoms. The Kier molecular flexibility index (Phi) is 10.0. The van der Waals surface area contributed by atoms with E-state index < -0.39 is 24.6 Å². The first kappa shape index (κ1) is 27.0. The van der Waals surface area contributed by atoms with Crippen molar-refractivity contribution in [3.63, 3.8) is 0 Å². The van der Waals surface area contributed by atoms with Gasteiger partial charge in [0.05, 0.1) is 30.0 Å². The van der Waals surface area contributed by atoms with Crippen molar-refractivity contribution in [1.29, 1.82) is 0 Å². The van der Waals surface area contributed by atoms with Gasteiger partial charge in [-0.15, -0.1) is 0 Å². The summed E-state index contributed by atoms with van der Waals surface area (Å²) in [7, 11) is 0. The second-order valence-corrected chi connectivity index (χ2v) is 8.18. The number of hydrogen-bond donors (Lipinski definition) is 3. The molecular weight excluding hydrogens is 470 g/mol. The van der Waals surface area contributed by atoms with E-state index in [1.807, 2.05) is 72.8 Å². The van der Waals surface area contributed by atoms with Crippen LogP contribution in [0.15, 0.2) is 85.2 Å². The Bertz CT molecular complexity index is 1220. The van der Waals surface area contributed by atoms with Crippen LogP contribution >= 0.6 is 0 Å². The standard InChI is InChI=1S/C27H27N3O4.Ca.2H/c31-22(17-23(32)18-24(33)34)13-16-30-26(20-7-3-1-4-8-20)25(19-11-14-28-15-12-19)29-27(30)21-9-5-2-6-10-21;;;/h1-12,14-15,22-23,31-32H,13,16-18H2,(H,33,34);;;/t22-,23-;;;/m1.../s1. The van der Waals surface area contributed by atoms with Gasteiger partial charge in [0.2, 0.25) is 0 Å². The number of carboxylic acids is 1. The zero-order chi connectivity index (χ0) is 23.9. The van der Waals surface area contributed by atoms with Crippen molar-refractivity contribution >= 4 is 43.7 Å². The maximum atomic E-state index is 10.9. The average molecular weight is 500 g/mol. The summed E-state index contributed by atoms with van der Waals surface area (Å²) < 4.78 is 2.09. The van der Waals surface area contributed by atoms with E-state index in [4.69, 9.17) is 10.1 Å². The van der Waals surface area contributed by atoms with Gasteiger partial charge in [-0.25, -0.2) is 4.98 Å². The number of pyridine rings is 1. The molecule has 0 aliphatic carbocycles. The van der Waals surface area contributed by atoms with E-state index in [9.17, 15) is 15.0 Å². The zero-order valence-electron chi connectivity index (χ0n) is 18.7. The summed E-state index contributed by atoms with van der Waals surface area (Å²) in [6, 6.07) is 23.7. The number of aliphatic hydroxyl groups is 2. The Morgan fingerprint density at radius 3 is 2.03 bits per heavy atom. The second-order valence-electron chi connectivity index (χ2n) is 8.18. The third-order valence-corrected chi connectivity index (χ3v) is 5.64. The van der Waals surface area contributed by atoms with Gasteiger partial charge in [-0.05, 0) is 25.0 Å². The van der Waals surface area contributed by atoms with Crippen LogP contribution in [0.4, 0.5) is 0 Å². The summed E-state index contributed by atoms with van der Waals surface area (Å²) in [4.78, 5) is 20.0. The molecule has 3 N–H and O–H groups in total. The molecule has 0 aliphatic rings. The van der Waals surface area contributed by atoms with Crippen molar-refractivity contribution < 1.29 is 20.1 Å². The van der Waals surface area contributed by atoms with Crippen molar-refractivity contribution in [2.75, 3.05) is 0 Å². The summed E-state index contributed by atoms with van der Waals surface area (Å²) in [5.74, 6) is -0.321. The maximum absolute atomic E-state index is 10.9. The Hall–Kier alpha value is -2.55. The summed E-state index contributed by atoms with van der Waals surface area (Å²) in [5.41, 5.74) is 4.60. The SMILES string of the molecule is O=C(O)C[C@H](O)C[C@H](O)CCn1c(-c2ccccc2)nc(-c2ccncc2)c1-c1ccccc1.[CaH2]. The third kappa shape index (κ3) is 6.99. The van der Waals surface area contributed by atoms with Gasteiger partial charge in [-0.2, -0.15) is 0 Å². The van der Waals surface area contributed by atoms with Gasteiger partial charge < -0.3 is 19.9 Å². The first-order valence-electron chi connectivity index (χ1n) is 11.2. The van der Waals surface area contributed by atoms with E-state index in [1.165, 1.54) is 0 Å². The minimum absolute atomic E-state index is 0. The molecule has 0 unspecified atom stereocenters. The van der Waals surface area contributed by atoms with Gasteiger partial charge in [0.25, 0.3) is 0 Å². The first-order chi connectivity index (χ1) is 16.5. The number of nitrogens with zero attached hydrogens (tertiary/aromatic N) is 3. The molecule has 0 fully saturated rings. The summed E-state index contributed by atoms with van der Waals surface area (Å²) >= 11 is 0. The molecule has 2 aromatic heterocycles. The molecule has 7 nitrogen and oxygen atoms in total. The van der Waals surface area contributed by atoms with Gasteiger partial charge in [0, 0.05) is 35.6 Å². The van der Waals surface area contributed by atoms with Crippen molar-refractivity contribution in [3.8, 4) is 33.9 Å². The molecule has 0 saturated carbocycles. The van der Waals surface area contributed by atoms with E-state index in [-0.39, 0.29) is 44.2 Å². The Morgan fingerprint density at radius 2 is 1.43 bits per heavy atom. The normalized spacial score (nSPS) is 12.5. The Balaban J connectivity index is 0.00000342. The average Bonchev–Trinajstić information content (AvgIpc) is 3.23. The van der Waals surface area contributed by atoms with Crippen LogP contribution < -0.4 is 0 Å². The molecule has 2 atom stereocenters. The van der Waals surface area contributed by atoms with Gasteiger partial charge >= 0.3 is 43.7 Å². The van der Waals surface area contributed by atoms with E-state index in [0.29, 0.717) is 13.0 Å². The number of carboxylic acid groups (broad SMARTS) is 1. The van der Waals surface area contributed by atoms with Crippen LogP contribution in [0.2, 0.25) is 0 Å². The molecule has 2 heterocycles. The Labute approximate surface area is 234 Å². The van der Waals surface area contributed by atoms with Gasteiger partial charge in [0.1, 0.15) is 5.82 Å². The van der Waals surface area contributed by atoms with Crippen LogP contribution in [0.25, 0.3) is 33.9 Å². The minimum atomic E-state index is -1.09. The fourth-order valence-electron chi connectivity index (χ4n) is 4.07. The van der Waals surface area contributed by atoms with E-state index in [0.717, 1.165) is 33.9 Å². The topological polar surface area (TPSA) is 108 Å². The van der Waals surface area contributed by atoms with Gasteiger partial charge in [-0.1, -0.05) is 60.7 Å². The molecule has 35 heavy (non-hydrogen) atoms. The molecule has 4 rings (SSSR count). The first-order valence-corrected chi connectivity index (χ1v) is 11.2. The monoisotopic (exact) mass is 499 g/mol. The molecule has 0 aliphatic heterocycles. The number of benzene rings is 2. The second kappa shape index (κ2) is 13.0. The summed E-state index contributed by atoms with van der Waals surface area (Å²) in [5, 5.41) is 29.4. The fourth-order valence-corrected chi connectivity index (χ4v) is 4.07. The van der Waals surface area contributed by atoms with Crippen LogP contribution in [0.5, 0.6) is 0 Å². The zero-order valence-corrected chi connectivity index (χ0v) is 18.7. The van der Waals surface area contributed by atoms with Crippen molar-refractivity contribution in [1.82, 2.24) is 14.5 Å². The molecule has 0 amide bonds. The van der Waals surface area contributed by atoms with Crippen LogP contribution in [-0.4, -0.2) is 85.8 Å². The molecule has 8 heteroatoms. The van der Waals surface area contributed by atoms with Crippen LogP contribution in [0.1, 0.15) is 19.3 Å². The number of imidazole rings is 1. The van der Waals surface area contributed by atoms with Crippen LogP contribution in [-0.2, 0) is 11.3 Å². The predicted octanol–water partition coefficient (Wildman–Crippen LogP) is 3.34. The number of aliphatic hydroxyl groups excluding tert-OH is 2. The van der Waals surface area contributed by atoms with E-state index in [2.05, 4.69) is 9.55 Å². The molecule has 4 aromatic rings. The van der Waals surface area contributed by atoms with Crippen LogP contribution in [0, 0.1) is 0 Å². The number of aliphatic carboxylic acids is 1. The summed E-state index contributed by atoms with van der Waals surface area (Å²) in [6.07, 6.45) is 1.47. The molecule has 0 saturated heterocycles. The van der Waals surface area contributed by atoms with Crippen molar-refractivity contribution in [2.24, 2.45) is 0 Å². The number of rotatable bonds is 10. The molecule has 2 aromatic carbocycles. The van der Waals surface area contributed by atoms with Crippen LogP contribution in [0.3, 0.4) is 0 Å². The van der Waals surface area contributed by atoms with Crippen molar-refractivity contribution in [2.45, 2.75) is 38.0 Å². The third-order valence-electron chi connectivity index (χ3n) is 5.64. The fraction of sp³-hybridized carbons (Fsp3) is 0.222. The molecule has 0 radical (unpaired) electrons. The summed E-state index contributed by atoms with van der Waals surface area (Å²) in [6.45, 7) is 0.438. The number of hydrogen-bond acceptors (Lipinski definition) is 5. The molecule has 178 valence electrons. The molecule has 0 spiro atoms. The molecular formula is C27H29CaN3O4. The van der Waals surface area contributed by atoms with E-state index >= 15 is 0 Å². The quantitative estimate of drug-likeness (QED) is 0.289. The van der Waals surface area contributed by atoms with Gasteiger partial charge in [-0.3, -0.25) is 9.78 Å². The Morgan fingerprint density at radius 1 is 0.829 bits per heavy atom.